The van der Waals surface area contributed by atoms with Crippen molar-refractivity contribution in [3.8, 4) is 23.7 Å². The number of carboxylic acid groups (broad SMARTS) is 1. The van der Waals surface area contributed by atoms with E-state index < -0.39 is 5.97 Å². The molecule has 0 aliphatic heterocycles. The molecule has 0 aromatic heterocycles. The third-order valence-electron chi connectivity index (χ3n) is 2.09. The van der Waals surface area contributed by atoms with Crippen LogP contribution >= 0.6 is 0 Å². The average molecular weight is 220 g/mol. The summed E-state index contributed by atoms with van der Waals surface area (Å²) in [6.07, 6.45) is 6.99. The first-order valence-corrected chi connectivity index (χ1v) is 5.95. The van der Waals surface area contributed by atoms with E-state index in [0.29, 0.717) is 0 Å². The molecule has 0 spiro atoms. The minimum Gasteiger partial charge on any atom is -0.481 e. The van der Waals surface area contributed by atoms with Gasteiger partial charge >= 0.3 is 5.97 Å². The van der Waals surface area contributed by atoms with E-state index >= 15 is 0 Å². The Balaban J connectivity index is 3.32. The molecule has 0 aliphatic carbocycles. The molecule has 0 unspecified atom stereocenters. The standard InChI is InChI=1S/C14H20O2/c1-2-3-4-5-6-7-8-9-10-11-12-13-14(15)16/h2-4,9-13H2,1H3,(H,15,16). The van der Waals surface area contributed by atoms with E-state index in [4.69, 9.17) is 5.11 Å². The molecule has 2 heteroatoms. The molecule has 1 N–H and O–H groups in total. The zero-order chi connectivity index (χ0) is 12.1. The summed E-state index contributed by atoms with van der Waals surface area (Å²) in [5.41, 5.74) is 0. The lowest BCUT2D eigenvalue weighted by molar-refractivity contribution is -0.137. The van der Waals surface area contributed by atoms with Crippen molar-refractivity contribution in [3.05, 3.63) is 0 Å². The third kappa shape index (κ3) is 12.6. The van der Waals surface area contributed by atoms with Gasteiger partial charge in [-0.25, -0.2) is 0 Å². The maximum atomic E-state index is 10.2. The molecule has 0 aromatic carbocycles. The van der Waals surface area contributed by atoms with Crippen molar-refractivity contribution in [3.63, 3.8) is 0 Å². The molecule has 0 saturated carbocycles. The molecule has 0 aromatic rings. The van der Waals surface area contributed by atoms with E-state index in [2.05, 4.69) is 30.6 Å². The monoisotopic (exact) mass is 220 g/mol. The molecule has 0 heterocycles. The van der Waals surface area contributed by atoms with E-state index in [1.165, 1.54) is 6.42 Å². The first kappa shape index (κ1) is 14.6. The summed E-state index contributed by atoms with van der Waals surface area (Å²) in [6.45, 7) is 2.14. The summed E-state index contributed by atoms with van der Waals surface area (Å²) in [7, 11) is 0. The van der Waals surface area contributed by atoms with Gasteiger partial charge in [0.2, 0.25) is 0 Å². The Labute approximate surface area is 98.4 Å². The highest BCUT2D eigenvalue weighted by Crippen LogP contribution is 2.01. The van der Waals surface area contributed by atoms with Crippen LogP contribution in [0.4, 0.5) is 0 Å². The Bertz CT molecular complexity index is 296. The third-order valence-corrected chi connectivity index (χ3v) is 2.09. The second kappa shape index (κ2) is 11.7. The molecule has 0 fully saturated rings. The van der Waals surface area contributed by atoms with Crippen molar-refractivity contribution < 1.29 is 9.90 Å². The minimum absolute atomic E-state index is 0.268. The first-order valence-electron chi connectivity index (χ1n) is 5.95. The van der Waals surface area contributed by atoms with Crippen molar-refractivity contribution in [1.82, 2.24) is 0 Å². The number of aliphatic carboxylic acids is 1. The van der Waals surface area contributed by atoms with Gasteiger partial charge in [0.1, 0.15) is 0 Å². The molecule has 0 radical (unpaired) electrons. The fourth-order valence-corrected chi connectivity index (χ4v) is 1.14. The molecule has 0 saturated heterocycles. The molecule has 16 heavy (non-hydrogen) atoms. The van der Waals surface area contributed by atoms with Gasteiger partial charge in [0, 0.05) is 19.3 Å². The Hall–Kier alpha value is -1.41. The fraction of sp³-hybridized carbons (Fsp3) is 0.643. The summed E-state index contributed by atoms with van der Waals surface area (Å²) in [6, 6.07) is 0. The molecule has 0 amide bonds. The summed E-state index contributed by atoms with van der Waals surface area (Å²) < 4.78 is 0. The van der Waals surface area contributed by atoms with Crippen LogP contribution in [0.25, 0.3) is 0 Å². The molecular weight excluding hydrogens is 200 g/mol. The van der Waals surface area contributed by atoms with E-state index in [-0.39, 0.29) is 6.42 Å². The number of carbonyl (C=O) groups is 1. The number of unbranched alkanes of at least 4 members (excludes halogenated alkanes) is 5. The molecule has 0 atom stereocenters. The molecule has 0 bridgehead atoms. The quantitative estimate of drug-likeness (QED) is 0.528. The van der Waals surface area contributed by atoms with Crippen LogP contribution < -0.4 is 0 Å². The second-order valence-electron chi connectivity index (χ2n) is 3.66. The summed E-state index contributed by atoms with van der Waals surface area (Å²) >= 11 is 0. The van der Waals surface area contributed by atoms with Crippen LogP contribution in [0, 0.1) is 23.7 Å². The highest BCUT2D eigenvalue weighted by molar-refractivity contribution is 5.66. The van der Waals surface area contributed by atoms with Gasteiger partial charge in [-0.2, -0.15) is 0 Å². The lowest BCUT2D eigenvalue weighted by atomic mass is 10.1. The number of hydrogen-bond acceptors (Lipinski definition) is 1. The van der Waals surface area contributed by atoms with Gasteiger partial charge in [-0.15, -0.1) is 0 Å². The minimum atomic E-state index is -0.715. The Morgan fingerprint density at radius 1 is 1.00 bits per heavy atom. The van der Waals surface area contributed by atoms with Crippen molar-refractivity contribution in [2.45, 2.75) is 58.3 Å². The second-order valence-corrected chi connectivity index (χ2v) is 3.66. The van der Waals surface area contributed by atoms with E-state index in [0.717, 1.165) is 38.5 Å². The molecule has 0 aliphatic rings. The molecule has 0 rings (SSSR count). The van der Waals surface area contributed by atoms with Crippen LogP contribution in [0.5, 0.6) is 0 Å². The lowest BCUT2D eigenvalue weighted by Crippen LogP contribution is -1.93. The van der Waals surface area contributed by atoms with E-state index in [9.17, 15) is 4.79 Å². The predicted octanol–water partition coefficient (Wildman–Crippen LogP) is 3.22. The maximum Gasteiger partial charge on any atom is 0.303 e. The zero-order valence-electron chi connectivity index (χ0n) is 10.0. The van der Waals surface area contributed by atoms with Crippen molar-refractivity contribution in [2.75, 3.05) is 0 Å². The average Bonchev–Trinajstić information content (AvgIpc) is 2.25. The first-order chi connectivity index (χ1) is 7.77. The largest absolute Gasteiger partial charge is 0.481 e. The summed E-state index contributed by atoms with van der Waals surface area (Å²) in [4.78, 5) is 10.2. The van der Waals surface area contributed by atoms with Crippen LogP contribution in [-0.4, -0.2) is 11.1 Å². The van der Waals surface area contributed by atoms with Crippen LogP contribution in [0.15, 0.2) is 0 Å². The van der Waals surface area contributed by atoms with Crippen molar-refractivity contribution in [1.29, 1.82) is 0 Å². The topological polar surface area (TPSA) is 37.3 Å². The van der Waals surface area contributed by atoms with Crippen molar-refractivity contribution >= 4 is 5.97 Å². The Morgan fingerprint density at radius 2 is 1.62 bits per heavy atom. The lowest BCUT2D eigenvalue weighted by Gasteiger charge is -1.93. The Kier molecular flexibility index (Phi) is 10.6. The fourth-order valence-electron chi connectivity index (χ4n) is 1.14. The van der Waals surface area contributed by atoms with E-state index in [1.807, 2.05) is 0 Å². The van der Waals surface area contributed by atoms with Crippen LogP contribution in [0.2, 0.25) is 0 Å². The summed E-state index contributed by atoms with van der Waals surface area (Å²) in [5, 5.41) is 8.41. The highest BCUT2D eigenvalue weighted by atomic mass is 16.4. The van der Waals surface area contributed by atoms with Gasteiger partial charge < -0.3 is 5.11 Å². The van der Waals surface area contributed by atoms with Gasteiger partial charge in [-0.3, -0.25) is 4.79 Å². The molecular formula is C14H20O2. The van der Waals surface area contributed by atoms with Gasteiger partial charge in [0.25, 0.3) is 0 Å². The van der Waals surface area contributed by atoms with Crippen LogP contribution in [0.3, 0.4) is 0 Å². The maximum absolute atomic E-state index is 10.2. The number of carboxylic acids is 1. The normalized spacial score (nSPS) is 8.56. The predicted molar refractivity (Wildman–Crippen MR) is 65.8 cm³/mol. The zero-order valence-corrected chi connectivity index (χ0v) is 10.0. The number of rotatable bonds is 7. The van der Waals surface area contributed by atoms with Gasteiger partial charge in [0.15, 0.2) is 0 Å². The molecule has 2 nitrogen and oxygen atoms in total. The molecule has 88 valence electrons. The highest BCUT2D eigenvalue weighted by Gasteiger charge is 1.94. The van der Waals surface area contributed by atoms with Crippen molar-refractivity contribution in [2.24, 2.45) is 0 Å². The van der Waals surface area contributed by atoms with Gasteiger partial charge in [-0.1, -0.05) is 31.6 Å². The van der Waals surface area contributed by atoms with E-state index in [1.54, 1.807) is 0 Å². The number of hydrogen-bond donors (Lipinski definition) is 1. The van der Waals surface area contributed by atoms with Gasteiger partial charge in [0.05, 0.1) is 0 Å². The Morgan fingerprint density at radius 3 is 2.19 bits per heavy atom. The van der Waals surface area contributed by atoms with Crippen LogP contribution in [0.1, 0.15) is 58.3 Å². The van der Waals surface area contributed by atoms with Gasteiger partial charge in [-0.05, 0) is 31.1 Å². The summed E-state index contributed by atoms with van der Waals surface area (Å²) in [5.74, 6) is 10.9. The SMILES string of the molecule is CCCCC#CC#CCCCCCC(=O)O. The van der Waals surface area contributed by atoms with Crippen LogP contribution in [-0.2, 0) is 4.79 Å². The smallest absolute Gasteiger partial charge is 0.303 e.